The van der Waals surface area contributed by atoms with Gasteiger partial charge >= 0.3 is 0 Å². The molecule has 0 spiro atoms. The van der Waals surface area contributed by atoms with Crippen molar-refractivity contribution < 1.29 is 17.6 Å². The van der Waals surface area contributed by atoms with Crippen LogP contribution in [0.2, 0.25) is 5.15 Å². The summed E-state index contributed by atoms with van der Waals surface area (Å²) >= 11 is 5.87. The molecule has 0 bridgehead atoms. The highest BCUT2D eigenvalue weighted by Gasteiger charge is 2.41. The van der Waals surface area contributed by atoms with E-state index in [0.29, 0.717) is 0 Å². The number of nitrogens with zero attached hydrogens (tertiary/aromatic N) is 5. The summed E-state index contributed by atoms with van der Waals surface area (Å²) in [5.74, 6) is -5.24. The van der Waals surface area contributed by atoms with Crippen LogP contribution in [-0.2, 0) is 0 Å². The lowest BCUT2D eigenvalue weighted by Gasteiger charge is -2.16. The van der Waals surface area contributed by atoms with E-state index in [9.17, 15) is 17.6 Å². The zero-order valence-electron chi connectivity index (χ0n) is 15.2. The summed E-state index contributed by atoms with van der Waals surface area (Å²) in [4.78, 5) is 20.7. The third-order valence-electron chi connectivity index (χ3n) is 4.94. The van der Waals surface area contributed by atoms with Gasteiger partial charge in [-0.05, 0) is 12.8 Å². The van der Waals surface area contributed by atoms with Crippen molar-refractivity contribution in [2.24, 2.45) is 0 Å². The molecule has 29 heavy (non-hydrogen) atoms. The molecule has 12 heteroatoms. The number of aromatic nitrogens is 5. The molecule has 2 aromatic heterocycles. The first-order chi connectivity index (χ1) is 13.7. The van der Waals surface area contributed by atoms with Gasteiger partial charge in [-0.15, -0.1) is 0 Å². The normalized spacial score (nSPS) is 25.1. The van der Waals surface area contributed by atoms with Crippen LogP contribution < -0.4 is 10.6 Å². The van der Waals surface area contributed by atoms with Gasteiger partial charge in [0.25, 0.3) is 0 Å². The molecule has 0 amide bonds. The Morgan fingerprint density at radius 3 is 1.83 bits per heavy atom. The number of hydrogen-bond acceptors (Lipinski definition) is 7. The van der Waals surface area contributed by atoms with Gasteiger partial charge in [0.1, 0.15) is 10.8 Å². The fourth-order valence-corrected chi connectivity index (χ4v) is 3.73. The van der Waals surface area contributed by atoms with Gasteiger partial charge in [-0.25, -0.2) is 22.5 Å². The molecule has 0 aliphatic heterocycles. The molecular weight excluding hydrogens is 414 g/mol. The first-order valence-corrected chi connectivity index (χ1v) is 9.58. The Labute approximate surface area is 168 Å². The first kappa shape index (κ1) is 20.0. The second-order valence-corrected chi connectivity index (χ2v) is 7.80. The minimum Gasteiger partial charge on any atom is -0.351 e. The van der Waals surface area contributed by atoms with Gasteiger partial charge in [0, 0.05) is 37.8 Å². The van der Waals surface area contributed by atoms with Crippen LogP contribution in [0.3, 0.4) is 0 Å². The zero-order valence-corrected chi connectivity index (χ0v) is 15.9. The summed E-state index contributed by atoms with van der Waals surface area (Å²) in [6.07, 6.45) is 2.17. The Bertz CT molecular complexity index is 852. The van der Waals surface area contributed by atoms with Crippen LogP contribution in [0.25, 0.3) is 11.5 Å². The highest BCUT2D eigenvalue weighted by atomic mass is 35.5. The molecule has 2 aliphatic rings. The van der Waals surface area contributed by atoms with Crippen LogP contribution in [0, 0.1) is 0 Å². The van der Waals surface area contributed by atoms with Crippen molar-refractivity contribution in [3.63, 3.8) is 0 Å². The van der Waals surface area contributed by atoms with E-state index < -0.39 is 23.9 Å². The fraction of sp³-hybridized carbons (Fsp3) is 0.588. The van der Waals surface area contributed by atoms with Crippen molar-refractivity contribution in [2.45, 2.75) is 62.5 Å². The van der Waals surface area contributed by atoms with Crippen molar-refractivity contribution in [2.75, 3.05) is 10.6 Å². The summed E-state index contributed by atoms with van der Waals surface area (Å²) in [5, 5.41) is 5.91. The molecule has 0 saturated heterocycles. The van der Waals surface area contributed by atoms with E-state index in [-0.39, 0.29) is 67.1 Å². The minimum atomic E-state index is -2.73. The number of anilines is 2. The maximum atomic E-state index is 13.5. The van der Waals surface area contributed by atoms with Gasteiger partial charge < -0.3 is 10.6 Å². The van der Waals surface area contributed by atoms with Crippen LogP contribution in [0.15, 0.2) is 12.4 Å². The van der Waals surface area contributed by atoms with Gasteiger partial charge in [0.2, 0.25) is 23.7 Å². The van der Waals surface area contributed by atoms with E-state index in [1.807, 2.05) is 0 Å². The van der Waals surface area contributed by atoms with Gasteiger partial charge in [-0.1, -0.05) is 11.6 Å². The quantitative estimate of drug-likeness (QED) is 0.686. The number of halogens is 5. The van der Waals surface area contributed by atoms with E-state index in [2.05, 4.69) is 35.6 Å². The SMILES string of the molecule is FC1(F)CCC(Nc2nc(NC3CCC(F)(F)C3)nc(-c3cncc(Cl)n3)n2)C1. The Hall–Kier alpha value is -2.30. The number of nitrogens with one attached hydrogen (secondary N) is 2. The molecule has 2 aromatic rings. The van der Waals surface area contributed by atoms with Gasteiger partial charge in [-0.3, -0.25) is 4.98 Å². The molecule has 2 fully saturated rings. The highest BCUT2D eigenvalue weighted by Crippen LogP contribution is 2.37. The smallest absolute Gasteiger partial charge is 0.250 e. The lowest BCUT2D eigenvalue weighted by Crippen LogP contribution is -2.23. The minimum absolute atomic E-state index is 0.0618. The summed E-state index contributed by atoms with van der Waals surface area (Å²) in [7, 11) is 0. The standard InChI is InChI=1S/C17H18ClF4N7/c18-12-8-23-7-11(26-12)13-27-14(24-9-1-3-16(19,20)5-9)29-15(28-13)25-10-2-4-17(21,22)6-10/h7-10H,1-6H2,(H2,24,25,27,28,29). The Morgan fingerprint density at radius 1 is 0.828 bits per heavy atom. The Morgan fingerprint density at radius 2 is 1.38 bits per heavy atom. The molecule has 4 rings (SSSR count). The largest absolute Gasteiger partial charge is 0.351 e. The Balaban J connectivity index is 1.60. The number of rotatable bonds is 5. The van der Waals surface area contributed by atoms with E-state index >= 15 is 0 Å². The van der Waals surface area contributed by atoms with Crippen molar-refractivity contribution in [3.8, 4) is 11.5 Å². The summed E-state index contributed by atoms with van der Waals surface area (Å²) < 4.78 is 54.0. The second kappa shape index (κ2) is 7.51. The molecule has 156 valence electrons. The molecule has 2 aliphatic carbocycles. The topological polar surface area (TPSA) is 88.5 Å². The molecule has 2 atom stereocenters. The van der Waals surface area contributed by atoms with E-state index in [1.54, 1.807) is 0 Å². The van der Waals surface area contributed by atoms with Crippen molar-refractivity contribution in [1.29, 1.82) is 0 Å². The van der Waals surface area contributed by atoms with Crippen molar-refractivity contribution in [1.82, 2.24) is 24.9 Å². The van der Waals surface area contributed by atoms with Crippen molar-refractivity contribution in [3.05, 3.63) is 17.5 Å². The average Bonchev–Trinajstić information content (AvgIpc) is 3.15. The molecule has 7 nitrogen and oxygen atoms in total. The van der Waals surface area contributed by atoms with Crippen LogP contribution in [0.1, 0.15) is 38.5 Å². The number of alkyl halides is 4. The lowest BCUT2D eigenvalue weighted by atomic mass is 10.2. The first-order valence-electron chi connectivity index (χ1n) is 9.20. The summed E-state index contributed by atoms with van der Waals surface area (Å²) in [6.45, 7) is 0. The van der Waals surface area contributed by atoms with E-state index in [4.69, 9.17) is 11.6 Å². The third kappa shape index (κ3) is 5.01. The van der Waals surface area contributed by atoms with Gasteiger partial charge in [0.15, 0.2) is 5.82 Å². The molecule has 2 heterocycles. The fourth-order valence-electron chi connectivity index (χ4n) is 3.58. The summed E-state index contributed by atoms with van der Waals surface area (Å²) in [6, 6.07) is -1.01. The zero-order chi connectivity index (χ0) is 20.6. The van der Waals surface area contributed by atoms with E-state index in [0.717, 1.165) is 0 Å². The van der Waals surface area contributed by atoms with Crippen LogP contribution in [0.5, 0.6) is 0 Å². The van der Waals surface area contributed by atoms with Crippen LogP contribution in [0.4, 0.5) is 29.5 Å². The van der Waals surface area contributed by atoms with Crippen molar-refractivity contribution >= 4 is 23.5 Å². The monoisotopic (exact) mass is 431 g/mol. The Kier molecular flexibility index (Phi) is 5.18. The predicted octanol–water partition coefficient (Wildman–Crippen LogP) is 4.18. The predicted molar refractivity (Wildman–Crippen MR) is 98.3 cm³/mol. The molecule has 2 unspecified atom stereocenters. The lowest BCUT2D eigenvalue weighted by molar-refractivity contribution is 0.00781. The van der Waals surface area contributed by atoms with Gasteiger partial charge in [-0.2, -0.15) is 15.0 Å². The summed E-state index contributed by atoms with van der Waals surface area (Å²) in [5.41, 5.74) is 0.250. The third-order valence-corrected chi connectivity index (χ3v) is 5.13. The molecular formula is C17H18ClF4N7. The maximum absolute atomic E-state index is 13.5. The molecule has 0 radical (unpaired) electrons. The molecule has 2 saturated carbocycles. The highest BCUT2D eigenvalue weighted by molar-refractivity contribution is 6.29. The second-order valence-electron chi connectivity index (χ2n) is 7.41. The van der Waals surface area contributed by atoms with E-state index in [1.165, 1.54) is 12.4 Å². The molecule has 2 N–H and O–H groups in total. The maximum Gasteiger partial charge on any atom is 0.250 e. The van der Waals surface area contributed by atoms with Gasteiger partial charge in [0.05, 0.1) is 12.4 Å². The average molecular weight is 432 g/mol. The van der Waals surface area contributed by atoms with Crippen LogP contribution >= 0.6 is 11.6 Å². The van der Waals surface area contributed by atoms with Crippen LogP contribution in [-0.4, -0.2) is 48.8 Å². The molecule has 0 aromatic carbocycles. The number of hydrogen-bond donors (Lipinski definition) is 2.